The van der Waals surface area contributed by atoms with Gasteiger partial charge in [0.1, 0.15) is 29.9 Å². The van der Waals surface area contributed by atoms with Crippen molar-refractivity contribution in [1.29, 1.82) is 5.41 Å². The molecule has 34 heavy (non-hydrogen) atoms. The molecule has 0 aliphatic carbocycles. The minimum Gasteiger partial charge on any atom is -0.473 e. The number of carbonyl (C=O) groups excluding carboxylic acids is 2. The number of hydrogen-bond acceptors (Lipinski definition) is 12. The van der Waals surface area contributed by atoms with E-state index in [1.54, 1.807) is 7.05 Å². The fraction of sp³-hybridized carbons (Fsp3) is 0.375. The number of amides is 2. The highest BCUT2D eigenvalue weighted by Gasteiger charge is 2.51. The van der Waals surface area contributed by atoms with Gasteiger partial charge in [-0.1, -0.05) is 5.16 Å². The summed E-state index contributed by atoms with van der Waals surface area (Å²) in [5.41, 5.74) is 11.2. The number of nitrogens with one attached hydrogen (secondary N) is 2. The molecule has 2 aromatic rings. The number of amidine groups is 1. The molecule has 1 saturated heterocycles. The molecule has 184 valence electrons. The largest absolute Gasteiger partial charge is 0.473 e. The van der Waals surface area contributed by atoms with Gasteiger partial charge in [0.25, 0.3) is 11.8 Å². The molecule has 0 spiro atoms. The highest BCUT2D eigenvalue weighted by atomic mass is 32.2. The fourth-order valence-electron chi connectivity index (χ4n) is 2.97. The van der Waals surface area contributed by atoms with Gasteiger partial charge in [0, 0.05) is 18.5 Å². The lowest BCUT2D eigenvalue weighted by atomic mass is 10.0. The van der Waals surface area contributed by atoms with Crippen LogP contribution >= 0.6 is 11.3 Å². The molecule has 0 saturated carbocycles. The molecule has 2 amide bonds. The number of aromatic nitrogens is 3. The Balaban J connectivity index is 1.63. The molecule has 7 N–H and O–H groups in total. The molecule has 3 rings (SSSR count). The minimum absolute atomic E-state index is 0.0204. The quantitative estimate of drug-likeness (QED) is 0.0582. The van der Waals surface area contributed by atoms with Crippen LogP contribution in [0.5, 0.6) is 5.88 Å². The Morgan fingerprint density at radius 2 is 2.15 bits per heavy atom. The standard InChI is InChI=1S/C16H21N9O7S2/c1-7-11(15(27)25(7)34(28,29)30)21-14(26)12(8-6-33-16(19)20-8)23-32-4-3-31-10-5-9(13(17)18)24(2)22-10/h5-7,11H,3-4H2,1-2H3,(H3,17,18)(H2,19,20)(H,21,26)(H,28,29,30)/b23-12-/t7-,11-/m0/s1. The zero-order valence-corrected chi connectivity index (χ0v) is 19.5. The van der Waals surface area contributed by atoms with Gasteiger partial charge in [0.2, 0.25) is 5.88 Å². The van der Waals surface area contributed by atoms with E-state index in [2.05, 4.69) is 20.6 Å². The molecule has 18 heteroatoms. The lowest BCUT2D eigenvalue weighted by Gasteiger charge is -2.42. The SMILES string of the molecule is C[C@H]1[C@H](NC(=O)/C(=N\OCCOc2cc(C(=N)N)n(C)n2)c2csc(N)n2)C(=O)N1S(=O)(=O)O. The average molecular weight is 516 g/mol. The number of rotatable bonds is 10. The Kier molecular flexibility index (Phi) is 7.03. The Morgan fingerprint density at radius 1 is 1.44 bits per heavy atom. The second kappa shape index (κ2) is 9.61. The molecule has 1 aliphatic rings. The first kappa shape index (κ1) is 24.9. The maximum absolute atomic E-state index is 12.7. The number of ether oxygens (including phenoxy) is 1. The summed E-state index contributed by atoms with van der Waals surface area (Å²) in [4.78, 5) is 33.9. The Hall–Kier alpha value is -3.77. The predicted molar refractivity (Wildman–Crippen MR) is 119 cm³/mol. The van der Waals surface area contributed by atoms with Crippen molar-refractivity contribution in [2.45, 2.75) is 19.0 Å². The second-order valence-corrected chi connectivity index (χ2v) is 9.08. The fourth-order valence-corrected chi connectivity index (χ4v) is 4.40. The highest BCUT2D eigenvalue weighted by Crippen LogP contribution is 2.23. The normalized spacial score (nSPS) is 18.4. The highest BCUT2D eigenvalue weighted by molar-refractivity contribution is 7.84. The Bertz CT molecular complexity index is 1250. The summed E-state index contributed by atoms with van der Waals surface area (Å²) in [5, 5.41) is 19.2. The Labute approximate surface area is 196 Å². The van der Waals surface area contributed by atoms with Crippen LogP contribution in [0.2, 0.25) is 0 Å². The maximum atomic E-state index is 12.7. The molecule has 16 nitrogen and oxygen atoms in total. The van der Waals surface area contributed by atoms with Crippen LogP contribution in [0.3, 0.4) is 0 Å². The molecular formula is C16H21N9O7S2. The van der Waals surface area contributed by atoms with Gasteiger partial charge in [-0.25, -0.2) is 9.29 Å². The van der Waals surface area contributed by atoms with E-state index < -0.39 is 34.2 Å². The summed E-state index contributed by atoms with van der Waals surface area (Å²) in [7, 11) is -3.15. The zero-order valence-electron chi connectivity index (χ0n) is 17.8. The van der Waals surface area contributed by atoms with Gasteiger partial charge in [0.05, 0.1) is 6.04 Å². The van der Waals surface area contributed by atoms with E-state index in [4.69, 9.17) is 31.0 Å². The predicted octanol–water partition coefficient (Wildman–Crippen LogP) is -1.94. The number of β-lactam (4-membered cyclic amide) rings is 1. The second-order valence-electron chi connectivity index (χ2n) is 6.90. The summed E-state index contributed by atoms with van der Waals surface area (Å²) in [6.07, 6.45) is 0. The van der Waals surface area contributed by atoms with Crippen LogP contribution in [0.1, 0.15) is 18.3 Å². The van der Waals surface area contributed by atoms with E-state index in [0.29, 0.717) is 5.69 Å². The first-order valence-electron chi connectivity index (χ1n) is 9.44. The van der Waals surface area contributed by atoms with Crippen LogP contribution < -0.4 is 21.5 Å². The molecular weight excluding hydrogens is 494 g/mol. The number of carbonyl (C=O) groups is 2. The van der Waals surface area contributed by atoms with E-state index in [1.165, 1.54) is 23.1 Å². The number of thiazole rings is 1. The van der Waals surface area contributed by atoms with Gasteiger partial charge in [0.15, 0.2) is 17.5 Å². The van der Waals surface area contributed by atoms with Crippen molar-refractivity contribution >= 4 is 50.1 Å². The number of oxime groups is 1. The van der Waals surface area contributed by atoms with Gasteiger partial charge in [-0.05, 0) is 6.92 Å². The van der Waals surface area contributed by atoms with Crippen LogP contribution in [-0.2, 0) is 31.8 Å². The van der Waals surface area contributed by atoms with E-state index in [0.717, 1.165) is 11.3 Å². The van der Waals surface area contributed by atoms with Crippen molar-refractivity contribution in [2.75, 3.05) is 18.9 Å². The number of hydrogen-bond donors (Lipinski definition) is 5. The van der Waals surface area contributed by atoms with Crippen LogP contribution in [0.25, 0.3) is 0 Å². The summed E-state index contributed by atoms with van der Waals surface area (Å²) in [5.74, 6) is -1.86. The molecule has 1 aliphatic heterocycles. The zero-order chi connectivity index (χ0) is 25.2. The van der Waals surface area contributed by atoms with E-state index >= 15 is 0 Å². The minimum atomic E-state index is -4.74. The lowest BCUT2D eigenvalue weighted by molar-refractivity contribution is -0.143. The van der Waals surface area contributed by atoms with Gasteiger partial charge in [-0.15, -0.1) is 16.4 Å². The number of nitrogens with two attached hydrogens (primary N) is 2. The Morgan fingerprint density at radius 3 is 2.68 bits per heavy atom. The third kappa shape index (κ3) is 5.24. The number of aryl methyl sites for hydroxylation is 1. The summed E-state index contributed by atoms with van der Waals surface area (Å²) in [6, 6.07) is -0.755. The lowest BCUT2D eigenvalue weighted by Crippen LogP contribution is -2.71. The van der Waals surface area contributed by atoms with Crippen molar-refractivity contribution in [1.82, 2.24) is 24.4 Å². The maximum Gasteiger partial charge on any atom is 0.362 e. The van der Waals surface area contributed by atoms with Crippen molar-refractivity contribution in [2.24, 2.45) is 17.9 Å². The van der Waals surface area contributed by atoms with Crippen molar-refractivity contribution in [3.63, 3.8) is 0 Å². The van der Waals surface area contributed by atoms with E-state index in [1.807, 2.05) is 0 Å². The van der Waals surface area contributed by atoms with Crippen molar-refractivity contribution < 1.29 is 32.1 Å². The topological polar surface area (TPSA) is 241 Å². The molecule has 0 aromatic carbocycles. The summed E-state index contributed by atoms with van der Waals surface area (Å²) < 4.78 is 38.5. The summed E-state index contributed by atoms with van der Waals surface area (Å²) in [6.45, 7) is 1.20. The molecule has 1 fully saturated rings. The summed E-state index contributed by atoms with van der Waals surface area (Å²) >= 11 is 1.04. The van der Waals surface area contributed by atoms with Crippen molar-refractivity contribution in [3.05, 3.63) is 22.8 Å². The molecule has 3 heterocycles. The number of nitrogens with zero attached hydrogens (tertiary/aromatic N) is 5. The monoisotopic (exact) mass is 515 g/mol. The van der Waals surface area contributed by atoms with Crippen LogP contribution in [-0.4, -0.2) is 80.7 Å². The third-order valence-corrected chi connectivity index (χ3v) is 6.25. The number of anilines is 1. The third-order valence-electron chi connectivity index (χ3n) is 4.56. The van der Waals surface area contributed by atoms with Crippen molar-refractivity contribution in [3.8, 4) is 5.88 Å². The smallest absolute Gasteiger partial charge is 0.362 e. The van der Waals surface area contributed by atoms with Crippen LogP contribution in [0.4, 0.5) is 5.13 Å². The van der Waals surface area contributed by atoms with Crippen LogP contribution in [0.15, 0.2) is 16.6 Å². The number of nitrogen functional groups attached to an aromatic ring is 2. The average Bonchev–Trinajstić information content (AvgIpc) is 3.33. The molecule has 0 unspecified atom stereocenters. The van der Waals surface area contributed by atoms with E-state index in [-0.39, 0.29) is 45.8 Å². The van der Waals surface area contributed by atoms with E-state index in [9.17, 15) is 18.0 Å². The molecule has 2 atom stereocenters. The van der Waals surface area contributed by atoms with Gasteiger partial charge in [-0.2, -0.15) is 8.42 Å². The van der Waals surface area contributed by atoms with Gasteiger partial charge in [-0.3, -0.25) is 24.2 Å². The first-order chi connectivity index (χ1) is 15.9. The molecule has 2 aromatic heterocycles. The molecule has 0 radical (unpaired) electrons. The van der Waals surface area contributed by atoms with Crippen LogP contribution in [0, 0.1) is 5.41 Å². The first-order valence-corrected chi connectivity index (χ1v) is 11.7. The molecule has 0 bridgehead atoms. The van der Waals surface area contributed by atoms with Gasteiger partial charge >= 0.3 is 10.3 Å². The van der Waals surface area contributed by atoms with Gasteiger partial charge < -0.3 is 26.4 Å².